The van der Waals surface area contributed by atoms with E-state index >= 15 is 0 Å². The normalized spacial score (nSPS) is 20.5. The van der Waals surface area contributed by atoms with Crippen molar-refractivity contribution in [2.75, 3.05) is 19.6 Å². The predicted molar refractivity (Wildman–Crippen MR) is 60.0 cm³/mol. The maximum Gasteiger partial charge on any atom is 0.322 e. The zero-order chi connectivity index (χ0) is 11.3. The fourth-order valence-corrected chi connectivity index (χ4v) is 2.00. The van der Waals surface area contributed by atoms with Crippen LogP contribution in [0.4, 0.5) is 0 Å². The molecule has 15 heavy (non-hydrogen) atoms. The zero-order valence-corrected chi connectivity index (χ0v) is 9.70. The van der Waals surface area contributed by atoms with Crippen LogP contribution in [-0.2, 0) is 4.79 Å². The van der Waals surface area contributed by atoms with Gasteiger partial charge in [0, 0.05) is 12.6 Å². The van der Waals surface area contributed by atoms with E-state index in [1.165, 1.54) is 19.3 Å². The average molecular weight is 214 g/mol. The average Bonchev–Trinajstić information content (AvgIpc) is 2.17. The number of carboxylic acids is 1. The summed E-state index contributed by atoms with van der Waals surface area (Å²) in [6.45, 7) is 6.68. The predicted octanol–water partition coefficient (Wildman–Crippen LogP) is 0.923. The van der Waals surface area contributed by atoms with Gasteiger partial charge in [0.1, 0.15) is 6.04 Å². The highest BCUT2D eigenvalue weighted by Gasteiger charge is 2.22. The summed E-state index contributed by atoms with van der Waals surface area (Å²) >= 11 is 0. The summed E-state index contributed by atoms with van der Waals surface area (Å²) in [5.41, 5.74) is 0. The third-order valence-corrected chi connectivity index (χ3v) is 2.72. The smallest absolute Gasteiger partial charge is 0.322 e. The second kappa shape index (κ2) is 6.08. The van der Waals surface area contributed by atoms with E-state index in [-0.39, 0.29) is 6.04 Å². The number of rotatable bonds is 5. The van der Waals surface area contributed by atoms with Crippen LogP contribution < -0.4 is 5.32 Å². The van der Waals surface area contributed by atoms with Gasteiger partial charge < -0.3 is 15.3 Å². The number of likely N-dealkylation sites (tertiary alicyclic amines) is 1. The summed E-state index contributed by atoms with van der Waals surface area (Å²) in [7, 11) is 0. The Morgan fingerprint density at radius 1 is 1.33 bits per heavy atom. The summed E-state index contributed by atoms with van der Waals surface area (Å²) in [6, 6.07) is -0.209. The number of piperidine rings is 1. The highest BCUT2D eigenvalue weighted by Crippen LogP contribution is 2.09. The molecule has 1 saturated heterocycles. The molecular formula is C11H22N2O2. The van der Waals surface area contributed by atoms with Crippen LogP contribution in [0.1, 0.15) is 33.1 Å². The first-order valence-electron chi connectivity index (χ1n) is 5.81. The molecule has 1 heterocycles. The Morgan fingerprint density at radius 2 is 1.93 bits per heavy atom. The van der Waals surface area contributed by atoms with Gasteiger partial charge in [-0.25, -0.2) is 0 Å². The van der Waals surface area contributed by atoms with Gasteiger partial charge in [0.2, 0.25) is 0 Å². The van der Waals surface area contributed by atoms with Gasteiger partial charge in [0.15, 0.2) is 0 Å². The van der Waals surface area contributed by atoms with E-state index in [1.807, 2.05) is 13.8 Å². The molecule has 0 saturated carbocycles. The molecule has 0 aromatic rings. The Balaban J connectivity index is 2.38. The molecule has 0 spiro atoms. The van der Waals surface area contributed by atoms with Crippen LogP contribution in [0.2, 0.25) is 0 Å². The molecule has 0 aromatic carbocycles. The highest BCUT2D eigenvalue weighted by atomic mass is 16.4. The van der Waals surface area contributed by atoms with Crippen molar-refractivity contribution in [2.24, 2.45) is 0 Å². The minimum atomic E-state index is -0.741. The van der Waals surface area contributed by atoms with E-state index in [1.54, 1.807) is 0 Å². The molecule has 0 amide bonds. The molecule has 1 aliphatic heterocycles. The quantitative estimate of drug-likeness (QED) is 0.714. The first kappa shape index (κ1) is 12.5. The Labute approximate surface area is 91.6 Å². The molecule has 1 fully saturated rings. The maximum absolute atomic E-state index is 11.0. The fraction of sp³-hybridized carbons (Fsp3) is 0.909. The van der Waals surface area contributed by atoms with Gasteiger partial charge in [-0.05, 0) is 25.9 Å². The number of hydrogen-bond donors (Lipinski definition) is 2. The van der Waals surface area contributed by atoms with Crippen LogP contribution >= 0.6 is 0 Å². The number of carboxylic acid groups (broad SMARTS) is 1. The van der Waals surface area contributed by atoms with Crippen LogP contribution in [0, 0.1) is 0 Å². The molecule has 4 heteroatoms. The number of aliphatic carboxylic acids is 1. The van der Waals surface area contributed by atoms with Crippen molar-refractivity contribution < 1.29 is 9.90 Å². The Hall–Kier alpha value is -0.610. The van der Waals surface area contributed by atoms with Gasteiger partial charge >= 0.3 is 5.97 Å². The minimum Gasteiger partial charge on any atom is -0.480 e. The van der Waals surface area contributed by atoms with E-state index in [0.29, 0.717) is 6.54 Å². The van der Waals surface area contributed by atoms with Crippen molar-refractivity contribution in [3.8, 4) is 0 Å². The Kier molecular flexibility index (Phi) is 5.05. The highest BCUT2D eigenvalue weighted by molar-refractivity contribution is 5.73. The van der Waals surface area contributed by atoms with Gasteiger partial charge in [-0.3, -0.25) is 4.79 Å². The van der Waals surface area contributed by atoms with Crippen molar-refractivity contribution in [3.05, 3.63) is 0 Å². The van der Waals surface area contributed by atoms with Crippen molar-refractivity contribution in [1.82, 2.24) is 10.2 Å². The van der Waals surface area contributed by atoms with Crippen molar-refractivity contribution in [3.63, 3.8) is 0 Å². The lowest BCUT2D eigenvalue weighted by molar-refractivity contribution is -0.140. The summed E-state index contributed by atoms with van der Waals surface area (Å²) in [5, 5.41) is 12.1. The van der Waals surface area contributed by atoms with Crippen LogP contribution in [0.15, 0.2) is 0 Å². The molecule has 1 unspecified atom stereocenters. The number of nitrogens with zero attached hydrogens (tertiary/aromatic N) is 1. The SMILES string of the molecule is CC(C)NC(CN1CCCCC1)C(=O)O. The monoisotopic (exact) mass is 214 g/mol. The van der Waals surface area contributed by atoms with Gasteiger partial charge in [-0.15, -0.1) is 0 Å². The summed E-state index contributed by atoms with van der Waals surface area (Å²) in [5.74, 6) is -0.741. The second-order valence-corrected chi connectivity index (χ2v) is 4.57. The van der Waals surface area contributed by atoms with Crippen molar-refractivity contribution in [1.29, 1.82) is 0 Å². The number of nitrogens with one attached hydrogen (secondary N) is 1. The molecule has 0 bridgehead atoms. The molecular weight excluding hydrogens is 192 g/mol. The topological polar surface area (TPSA) is 52.6 Å². The molecule has 88 valence electrons. The molecule has 1 rings (SSSR count). The van der Waals surface area contributed by atoms with E-state index in [2.05, 4.69) is 10.2 Å². The van der Waals surface area contributed by atoms with Gasteiger partial charge in [-0.1, -0.05) is 20.3 Å². The van der Waals surface area contributed by atoms with Gasteiger partial charge in [0.05, 0.1) is 0 Å². The third kappa shape index (κ3) is 4.62. The summed E-state index contributed by atoms with van der Waals surface area (Å²) in [6.07, 6.45) is 3.69. The van der Waals surface area contributed by atoms with Crippen LogP contribution in [0.25, 0.3) is 0 Å². The summed E-state index contributed by atoms with van der Waals surface area (Å²) in [4.78, 5) is 13.3. The van der Waals surface area contributed by atoms with Gasteiger partial charge in [-0.2, -0.15) is 0 Å². The third-order valence-electron chi connectivity index (χ3n) is 2.72. The number of hydrogen-bond acceptors (Lipinski definition) is 3. The van der Waals surface area contributed by atoms with Crippen molar-refractivity contribution in [2.45, 2.75) is 45.2 Å². The lowest BCUT2D eigenvalue weighted by atomic mass is 10.1. The standard InChI is InChI=1S/C11H22N2O2/c1-9(2)12-10(11(14)15)8-13-6-4-3-5-7-13/h9-10,12H,3-8H2,1-2H3,(H,14,15). The van der Waals surface area contributed by atoms with E-state index < -0.39 is 12.0 Å². The largest absolute Gasteiger partial charge is 0.480 e. The first-order valence-corrected chi connectivity index (χ1v) is 5.81. The Morgan fingerprint density at radius 3 is 2.40 bits per heavy atom. The van der Waals surface area contributed by atoms with E-state index in [4.69, 9.17) is 5.11 Å². The molecule has 0 radical (unpaired) electrons. The van der Waals surface area contributed by atoms with E-state index in [9.17, 15) is 4.79 Å². The fourth-order valence-electron chi connectivity index (χ4n) is 2.00. The zero-order valence-electron chi connectivity index (χ0n) is 9.70. The van der Waals surface area contributed by atoms with E-state index in [0.717, 1.165) is 13.1 Å². The summed E-state index contributed by atoms with van der Waals surface area (Å²) < 4.78 is 0. The first-order chi connectivity index (χ1) is 7.09. The molecule has 2 N–H and O–H groups in total. The second-order valence-electron chi connectivity index (χ2n) is 4.57. The molecule has 1 aliphatic rings. The maximum atomic E-state index is 11.0. The minimum absolute atomic E-state index is 0.218. The molecule has 4 nitrogen and oxygen atoms in total. The van der Waals surface area contributed by atoms with Crippen LogP contribution in [0.3, 0.4) is 0 Å². The molecule has 0 aromatic heterocycles. The number of carbonyl (C=O) groups is 1. The molecule has 0 aliphatic carbocycles. The van der Waals surface area contributed by atoms with Crippen LogP contribution in [0.5, 0.6) is 0 Å². The van der Waals surface area contributed by atoms with Crippen molar-refractivity contribution >= 4 is 5.97 Å². The molecule has 1 atom stereocenters. The lowest BCUT2D eigenvalue weighted by Gasteiger charge is -2.29. The van der Waals surface area contributed by atoms with Gasteiger partial charge in [0.25, 0.3) is 0 Å². The lowest BCUT2D eigenvalue weighted by Crippen LogP contribution is -2.49. The Bertz CT molecular complexity index is 201. The van der Waals surface area contributed by atoms with Crippen LogP contribution in [-0.4, -0.2) is 47.7 Å².